The van der Waals surface area contributed by atoms with Crippen LogP contribution in [-0.2, 0) is 0 Å². The second kappa shape index (κ2) is 6.95. The van der Waals surface area contributed by atoms with E-state index >= 15 is 0 Å². The van der Waals surface area contributed by atoms with E-state index in [1.54, 1.807) is 17.8 Å². The number of nitro groups is 1. The molecule has 0 spiro atoms. The fourth-order valence-electron chi connectivity index (χ4n) is 1.25. The number of nitro benzene ring substituents is 1. The van der Waals surface area contributed by atoms with Gasteiger partial charge in [-0.05, 0) is 0 Å². The summed E-state index contributed by atoms with van der Waals surface area (Å²) >= 11 is 1.56. The molecule has 1 aromatic carbocycles. The number of non-ortho nitro benzene ring substituents is 1. The number of nitrogens with one attached hydrogen (secondary N) is 1. The zero-order chi connectivity index (χ0) is 13.5. The lowest BCUT2D eigenvalue weighted by Gasteiger charge is -2.08. The van der Waals surface area contributed by atoms with Crippen molar-refractivity contribution in [3.8, 4) is 0 Å². The van der Waals surface area contributed by atoms with Gasteiger partial charge in [0.15, 0.2) is 11.6 Å². The predicted molar refractivity (Wildman–Crippen MR) is 69.0 cm³/mol. The number of benzene rings is 1. The van der Waals surface area contributed by atoms with E-state index in [4.69, 9.17) is 0 Å². The third-order valence-electron chi connectivity index (χ3n) is 2.02. The highest BCUT2D eigenvalue weighted by Gasteiger charge is 2.16. The first kappa shape index (κ1) is 14.4. The number of rotatable bonds is 7. The third-order valence-corrected chi connectivity index (χ3v) is 2.99. The zero-order valence-electron chi connectivity index (χ0n) is 9.49. The van der Waals surface area contributed by atoms with Crippen molar-refractivity contribution in [2.45, 2.75) is 0 Å². The molecule has 18 heavy (non-hydrogen) atoms. The van der Waals surface area contributed by atoms with E-state index in [9.17, 15) is 18.9 Å². The minimum Gasteiger partial charge on any atom is -0.379 e. The third kappa shape index (κ3) is 3.99. The number of hydrogen-bond acceptors (Lipinski definition) is 4. The first-order valence-electron chi connectivity index (χ1n) is 5.12. The van der Waals surface area contributed by atoms with E-state index in [1.165, 1.54) is 0 Å². The molecule has 0 fully saturated rings. The Hall–Kier alpha value is -1.63. The summed E-state index contributed by atoms with van der Waals surface area (Å²) in [4.78, 5) is 9.55. The van der Waals surface area contributed by atoms with Crippen LogP contribution in [0.2, 0.25) is 0 Å². The minimum absolute atomic E-state index is 0.334. The van der Waals surface area contributed by atoms with Gasteiger partial charge in [0.05, 0.1) is 17.1 Å². The van der Waals surface area contributed by atoms with Crippen molar-refractivity contribution in [3.63, 3.8) is 0 Å². The molecule has 0 bridgehead atoms. The van der Waals surface area contributed by atoms with Crippen molar-refractivity contribution in [1.29, 1.82) is 0 Å². The summed E-state index contributed by atoms with van der Waals surface area (Å²) < 4.78 is 26.8. The van der Waals surface area contributed by atoms with E-state index in [1.807, 2.05) is 0 Å². The van der Waals surface area contributed by atoms with Crippen molar-refractivity contribution >= 4 is 23.1 Å². The Balaban J connectivity index is 2.66. The molecule has 1 aromatic rings. The molecule has 0 amide bonds. The van der Waals surface area contributed by atoms with E-state index < -0.39 is 22.2 Å². The van der Waals surface area contributed by atoms with E-state index in [0.29, 0.717) is 24.4 Å². The molecule has 1 N–H and O–H groups in total. The van der Waals surface area contributed by atoms with Crippen LogP contribution in [-0.4, -0.2) is 23.0 Å². The maximum atomic E-state index is 13.4. The monoisotopic (exact) mass is 274 g/mol. The van der Waals surface area contributed by atoms with Crippen LogP contribution in [0.15, 0.2) is 24.8 Å². The molecule has 0 atom stereocenters. The van der Waals surface area contributed by atoms with Crippen molar-refractivity contribution < 1.29 is 13.7 Å². The largest absolute Gasteiger partial charge is 0.379 e. The zero-order valence-corrected chi connectivity index (χ0v) is 10.3. The van der Waals surface area contributed by atoms with Crippen molar-refractivity contribution in [3.05, 3.63) is 46.5 Å². The predicted octanol–water partition coefficient (Wildman–Crippen LogP) is 3.20. The normalized spacial score (nSPS) is 10.1. The lowest BCUT2D eigenvalue weighted by Crippen LogP contribution is -2.08. The molecule has 1 rings (SSSR count). The number of hydrogen-bond donors (Lipinski definition) is 1. The summed E-state index contributed by atoms with van der Waals surface area (Å²) in [5.41, 5.74) is -0.934. The highest BCUT2D eigenvalue weighted by Crippen LogP contribution is 2.24. The van der Waals surface area contributed by atoms with Crippen molar-refractivity contribution in [1.82, 2.24) is 0 Å². The maximum absolute atomic E-state index is 13.4. The van der Waals surface area contributed by atoms with Gasteiger partial charge < -0.3 is 5.32 Å². The Bertz CT molecular complexity index is 432. The standard InChI is InChI=1S/C11H12F2N2O2S/c1-2-4-18-5-3-14-11-9(12)6-8(15(16)17)7-10(11)13/h2,6-7,14H,1,3-5H2. The number of halogens is 2. The lowest BCUT2D eigenvalue weighted by molar-refractivity contribution is -0.385. The van der Waals surface area contributed by atoms with Crippen LogP contribution >= 0.6 is 11.8 Å². The highest BCUT2D eigenvalue weighted by molar-refractivity contribution is 7.99. The molecule has 0 aromatic heterocycles. The Morgan fingerprint density at radius 3 is 2.56 bits per heavy atom. The van der Waals surface area contributed by atoms with Gasteiger partial charge in [0.1, 0.15) is 5.69 Å². The quantitative estimate of drug-likeness (QED) is 0.359. The molecule has 4 nitrogen and oxygen atoms in total. The number of nitrogens with zero attached hydrogens (tertiary/aromatic N) is 1. The van der Waals surface area contributed by atoms with E-state index in [-0.39, 0.29) is 5.69 Å². The van der Waals surface area contributed by atoms with Gasteiger partial charge in [-0.1, -0.05) is 6.08 Å². The Labute approximate surface area is 107 Å². The fourth-order valence-corrected chi connectivity index (χ4v) is 1.83. The van der Waals surface area contributed by atoms with Crippen LogP contribution in [0.5, 0.6) is 0 Å². The maximum Gasteiger partial charge on any atom is 0.275 e. The summed E-state index contributed by atoms with van der Waals surface area (Å²) in [6, 6.07) is 1.39. The van der Waals surface area contributed by atoms with Crippen LogP contribution in [0, 0.1) is 21.7 Å². The Kier molecular flexibility index (Phi) is 5.57. The molecule has 0 aliphatic rings. The Morgan fingerprint density at radius 1 is 1.44 bits per heavy atom. The molecule has 0 saturated heterocycles. The van der Waals surface area contributed by atoms with Gasteiger partial charge in [-0.15, -0.1) is 6.58 Å². The molecular formula is C11H12F2N2O2S. The van der Waals surface area contributed by atoms with Gasteiger partial charge in [-0.3, -0.25) is 10.1 Å². The first-order chi connectivity index (χ1) is 8.56. The molecule has 0 heterocycles. The summed E-state index contributed by atoms with van der Waals surface area (Å²) in [5, 5.41) is 13.0. The van der Waals surface area contributed by atoms with E-state index in [0.717, 1.165) is 5.75 Å². The molecule has 0 unspecified atom stereocenters. The second-order valence-corrected chi connectivity index (χ2v) is 4.48. The van der Waals surface area contributed by atoms with Gasteiger partial charge in [0.25, 0.3) is 5.69 Å². The smallest absolute Gasteiger partial charge is 0.275 e. The second-order valence-electron chi connectivity index (χ2n) is 3.33. The minimum atomic E-state index is -0.963. The average Bonchev–Trinajstić information content (AvgIpc) is 2.31. The molecule has 0 aliphatic heterocycles. The summed E-state index contributed by atoms with van der Waals surface area (Å²) in [7, 11) is 0. The molecule has 7 heteroatoms. The van der Waals surface area contributed by atoms with Gasteiger partial charge in [-0.2, -0.15) is 11.8 Å². The highest BCUT2D eigenvalue weighted by atomic mass is 32.2. The van der Waals surface area contributed by atoms with Gasteiger partial charge >= 0.3 is 0 Å². The van der Waals surface area contributed by atoms with Gasteiger partial charge in [0.2, 0.25) is 0 Å². The van der Waals surface area contributed by atoms with Crippen LogP contribution < -0.4 is 5.32 Å². The van der Waals surface area contributed by atoms with Crippen LogP contribution in [0.1, 0.15) is 0 Å². The number of thioether (sulfide) groups is 1. The summed E-state index contributed by atoms with van der Waals surface area (Å²) in [6.45, 7) is 3.91. The van der Waals surface area contributed by atoms with Crippen LogP contribution in [0.25, 0.3) is 0 Å². The Morgan fingerprint density at radius 2 is 2.06 bits per heavy atom. The summed E-state index contributed by atoms with van der Waals surface area (Å²) in [6.07, 6.45) is 1.73. The lowest BCUT2D eigenvalue weighted by atomic mass is 10.2. The molecule has 98 valence electrons. The average molecular weight is 274 g/mol. The molecule has 0 radical (unpaired) electrons. The summed E-state index contributed by atoms with van der Waals surface area (Å²) in [5.74, 6) is -0.514. The van der Waals surface area contributed by atoms with Gasteiger partial charge in [0, 0.05) is 18.1 Å². The van der Waals surface area contributed by atoms with Crippen molar-refractivity contribution in [2.24, 2.45) is 0 Å². The van der Waals surface area contributed by atoms with Crippen LogP contribution in [0.4, 0.5) is 20.2 Å². The van der Waals surface area contributed by atoms with Crippen LogP contribution in [0.3, 0.4) is 0 Å². The topological polar surface area (TPSA) is 55.2 Å². The van der Waals surface area contributed by atoms with E-state index in [2.05, 4.69) is 11.9 Å². The SMILES string of the molecule is C=CCSCCNc1c(F)cc([N+](=O)[O-])cc1F. The molecule has 0 aliphatic carbocycles. The number of anilines is 1. The molecule has 0 saturated carbocycles. The fraction of sp³-hybridized carbons (Fsp3) is 0.273. The molecular weight excluding hydrogens is 262 g/mol. The van der Waals surface area contributed by atoms with Gasteiger partial charge in [-0.25, -0.2) is 8.78 Å². The van der Waals surface area contributed by atoms with Crippen molar-refractivity contribution in [2.75, 3.05) is 23.4 Å². The first-order valence-corrected chi connectivity index (χ1v) is 6.27.